The number of halogens is 1. The number of amides is 1. The van der Waals surface area contributed by atoms with Gasteiger partial charge < -0.3 is 11.1 Å². The number of rotatable bonds is 5. The zero-order chi connectivity index (χ0) is 12.1. The minimum Gasteiger partial charge on any atom is -0.366 e. The molecule has 0 aliphatic carbocycles. The number of hydrogen-bond donors (Lipinski definition) is 2. The summed E-state index contributed by atoms with van der Waals surface area (Å²) in [4.78, 5) is 10.8. The van der Waals surface area contributed by atoms with Crippen molar-refractivity contribution >= 4 is 5.91 Å². The van der Waals surface area contributed by atoms with Crippen LogP contribution in [0.3, 0.4) is 0 Å². The second kappa shape index (κ2) is 5.42. The van der Waals surface area contributed by atoms with Gasteiger partial charge in [-0.05, 0) is 19.1 Å². The highest BCUT2D eigenvalue weighted by Gasteiger charge is 2.07. The molecule has 1 rings (SSSR count). The fourth-order valence-electron chi connectivity index (χ4n) is 1.20. The highest BCUT2D eigenvalue weighted by molar-refractivity contribution is 5.92. The predicted octanol–water partition coefficient (Wildman–Crippen LogP) is 1.59. The molecule has 0 spiro atoms. The van der Waals surface area contributed by atoms with Crippen LogP contribution in [0.4, 0.5) is 4.39 Å². The van der Waals surface area contributed by atoms with Gasteiger partial charge in [0.2, 0.25) is 5.91 Å². The highest BCUT2D eigenvalue weighted by Crippen LogP contribution is 2.10. The van der Waals surface area contributed by atoms with Crippen LogP contribution in [0.5, 0.6) is 0 Å². The molecule has 0 saturated heterocycles. The monoisotopic (exact) mass is 222 g/mol. The summed E-state index contributed by atoms with van der Waals surface area (Å²) in [6.07, 6.45) is 1.73. The summed E-state index contributed by atoms with van der Waals surface area (Å²) in [6.45, 7) is 5.92. The Kier molecular flexibility index (Phi) is 4.19. The van der Waals surface area contributed by atoms with Crippen molar-refractivity contribution in [1.29, 1.82) is 0 Å². The van der Waals surface area contributed by atoms with Crippen LogP contribution < -0.4 is 11.1 Å². The first-order valence-corrected chi connectivity index (χ1v) is 4.98. The molecule has 1 amide bonds. The number of carbonyl (C=O) groups excluding carboxylic acids is 1. The molecule has 0 aliphatic heterocycles. The number of benzene rings is 1. The highest BCUT2D eigenvalue weighted by atomic mass is 19.1. The van der Waals surface area contributed by atoms with Crippen LogP contribution in [0.25, 0.3) is 0 Å². The van der Waals surface area contributed by atoms with Crippen LogP contribution in [0, 0.1) is 5.82 Å². The molecule has 16 heavy (non-hydrogen) atoms. The Morgan fingerprint density at radius 3 is 2.88 bits per heavy atom. The Hall–Kier alpha value is -1.68. The van der Waals surface area contributed by atoms with E-state index in [0.717, 1.165) is 6.07 Å². The van der Waals surface area contributed by atoms with E-state index in [0.29, 0.717) is 12.1 Å². The van der Waals surface area contributed by atoms with Gasteiger partial charge in [-0.3, -0.25) is 4.79 Å². The van der Waals surface area contributed by atoms with Crippen molar-refractivity contribution in [2.24, 2.45) is 5.73 Å². The molecule has 1 atom stereocenters. The van der Waals surface area contributed by atoms with Gasteiger partial charge in [0.1, 0.15) is 5.82 Å². The first-order chi connectivity index (χ1) is 7.54. The molecule has 1 aromatic carbocycles. The van der Waals surface area contributed by atoms with Crippen molar-refractivity contribution in [3.05, 3.63) is 47.8 Å². The lowest BCUT2D eigenvalue weighted by molar-refractivity contribution is 0.1000. The van der Waals surface area contributed by atoms with Crippen molar-refractivity contribution in [3.63, 3.8) is 0 Å². The fraction of sp³-hybridized carbons (Fsp3) is 0.250. The molecule has 0 saturated carbocycles. The molecule has 0 aromatic heterocycles. The summed E-state index contributed by atoms with van der Waals surface area (Å²) in [7, 11) is 0. The maximum absolute atomic E-state index is 13.5. The van der Waals surface area contributed by atoms with Crippen molar-refractivity contribution in [3.8, 4) is 0 Å². The van der Waals surface area contributed by atoms with Crippen LogP contribution in [0.1, 0.15) is 22.8 Å². The summed E-state index contributed by atoms with van der Waals surface area (Å²) in [6, 6.07) is 4.33. The minimum atomic E-state index is -0.627. The molecule has 0 aliphatic rings. The summed E-state index contributed by atoms with van der Waals surface area (Å²) < 4.78 is 13.5. The zero-order valence-corrected chi connectivity index (χ0v) is 9.16. The number of hydrogen-bond acceptors (Lipinski definition) is 2. The Morgan fingerprint density at radius 2 is 2.38 bits per heavy atom. The van der Waals surface area contributed by atoms with Crippen molar-refractivity contribution in [2.45, 2.75) is 19.5 Å². The van der Waals surface area contributed by atoms with Gasteiger partial charge in [0.25, 0.3) is 0 Å². The van der Waals surface area contributed by atoms with Gasteiger partial charge in [0.15, 0.2) is 0 Å². The smallest absolute Gasteiger partial charge is 0.248 e. The maximum atomic E-state index is 13.5. The second-order valence-electron chi connectivity index (χ2n) is 3.58. The van der Waals surface area contributed by atoms with Crippen molar-refractivity contribution in [2.75, 3.05) is 0 Å². The third-order valence-corrected chi connectivity index (χ3v) is 2.31. The van der Waals surface area contributed by atoms with E-state index < -0.39 is 11.7 Å². The molecule has 0 fully saturated rings. The molecule has 1 unspecified atom stereocenters. The molecular weight excluding hydrogens is 207 g/mol. The Morgan fingerprint density at radius 1 is 1.69 bits per heavy atom. The molecular formula is C12H15FN2O. The summed E-state index contributed by atoms with van der Waals surface area (Å²) in [5.74, 6) is -1.06. The predicted molar refractivity (Wildman–Crippen MR) is 61.4 cm³/mol. The van der Waals surface area contributed by atoms with Gasteiger partial charge >= 0.3 is 0 Å². The van der Waals surface area contributed by atoms with Crippen LogP contribution in [0.2, 0.25) is 0 Å². The normalized spacial score (nSPS) is 12.1. The molecule has 3 nitrogen and oxygen atoms in total. The zero-order valence-electron chi connectivity index (χ0n) is 9.16. The van der Waals surface area contributed by atoms with E-state index in [1.54, 1.807) is 12.1 Å². The Labute approximate surface area is 94.1 Å². The van der Waals surface area contributed by atoms with Crippen molar-refractivity contribution < 1.29 is 9.18 Å². The summed E-state index contributed by atoms with van der Waals surface area (Å²) in [5, 5.41) is 3.06. The first kappa shape index (κ1) is 12.4. The van der Waals surface area contributed by atoms with E-state index in [4.69, 9.17) is 5.73 Å². The van der Waals surface area contributed by atoms with Crippen LogP contribution in [-0.4, -0.2) is 11.9 Å². The molecule has 1 aromatic rings. The lowest BCUT2D eigenvalue weighted by Gasteiger charge is -2.10. The van der Waals surface area contributed by atoms with E-state index >= 15 is 0 Å². The molecule has 0 heterocycles. The van der Waals surface area contributed by atoms with Gasteiger partial charge in [-0.25, -0.2) is 4.39 Å². The summed E-state index contributed by atoms with van der Waals surface area (Å²) >= 11 is 0. The number of nitrogens with two attached hydrogens (primary N) is 1. The lowest BCUT2D eigenvalue weighted by atomic mass is 10.1. The minimum absolute atomic E-state index is 0.107. The Balaban J connectivity index is 2.75. The van der Waals surface area contributed by atoms with Gasteiger partial charge in [-0.15, -0.1) is 6.58 Å². The third kappa shape index (κ3) is 3.17. The number of primary amides is 1. The van der Waals surface area contributed by atoms with Gasteiger partial charge in [0.05, 0.1) is 0 Å². The average Bonchev–Trinajstić information content (AvgIpc) is 2.26. The van der Waals surface area contributed by atoms with E-state index in [1.807, 2.05) is 6.92 Å². The first-order valence-electron chi connectivity index (χ1n) is 4.98. The number of nitrogens with one attached hydrogen (secondary N) is 1. The lowest BCUT2D eigenvalue weighted by Crippen LogP contribution is -2.23. The van der Waals surface area contributed by atoms with Gasteiger partial charge in [0, 0.05) is 23.7 Å². The Bertz CT molecular complexity index is 404. The topological polar surface area (TPSA) is 55.1 Å². The van der Waals surface area contributed by atoms with Crippen molar-refractivity contribution in [1.82, 2.24) is 5.32 Å². The molecule has 86 valence electrons. The second-order valence-corrected chi connectivity index (χ2v) is 3.58. The standard InChI is InChI=1S/C12H15FN2O/c1-3-8(2)15-7-10-5-4-9(12(14)16)6-11(10)13/h3-6,8,15H,1,7H2,2H3,(H2,14,16). The maximum Gasteiger partial charge on any atom is 0.248 e. The summed E-state index contributed by atoms with van der Waals surface area (Å²) in [5.41, 5.74) is 5.72. The third-order valence-electron chi connectivity index (χ3n) is 2.31. The average molecular weight is 222 g/mol. The van der Waals surface area contributed by atoms with E-state index in [2.05, 4.69) is 11.9 Å². The quantitative estimate of drug-likeness (QED) is 0.743. The van der Waals surface area contributed by atoms with Crippen LogP contribution in [-0.2, 0) is 6.54 Å². The van der Waals surface area contributed by atoms with E-state index in [9.17, 15) is 9.18 Å². The largest absolute Gasteiger partial charge is 0.366 e. The van der Waals surface area contributed by atoms with E-state index in [1.165, 1.54) is 6.07 Å². The molecule has 0 radical (unpaired) electrons. The fourth-order valence-corrected chi connectivity index (χ4v) is 1.20. The van der Waals surface area contributed by atoms with E-state index in [-0.39, 0.29) is 11.6 Å². The van der Waals surface area contributed by atoms with Crippen LogP contribution in [0.15, 0.2) is 30.9 Å². The molecule has 0 bridgehead atoms. The SMILES string of the molecule is C=CC(C)NCc1ccc(C(N)=O)cc1F. The molecule has 4 heteroatoms. The molecule has 3 N–H and O–H groups in total. The van der Waals surface area contributed by atoms with Crippen LogP contribution >= 0.6 is 0 Å². The van der Waals surface area contributed by atoms with Gasteiger partial charge in [-0.1, -0.05) is 12.1 Å². The van der Waals surface area contributed by atoms with Gasteiger partial charge in [-0.2, -0.15) is 0 Å². The number of carbonyl (C=O) groups is 1.